The normalized spacial score (nSPS) is 15.4. The van der Waals surface area contributed by atoms with Crippen LogP contribution in [0.15, 0.2) is 40.6 Å². The Hall–Kier alpha value is -2.68. The molecular weight excluding hydrogens is 324 g/mol. The molecule has 2 aromatic heterocycles. The van der Waals surface area contributed by atoms with E-state index in [1.807, 2.05) is 15.7 Å². The highest BCUT2D eigenvalue weighted by Gasteiger charge is 2.20. The van der Waals surface area contributed by atoms with E-state index < -0.39 is 11.2 Å². The minimum absolute atomic E-state index is 0.0346. The Bertz CT molecular complexity index is 802. The summed E-state index contributed by atoms with van der Waals surface area (Å²) in [5, 5.41) is 0. The summed E-state index contributed by atoms with van der Waals surface area (Å²) in [5.74, 6) is 0.0346. The maximum absolute atomic E-state index is 12.3. The van der Waals surface area contributed by atoms with Crippen molar-refractivity contribution in [3.05, 3.63) is 51.8 Å². The van der Waals surface area contributed by atoms with Crippen molar-refractivity contribution in [2.45, 2.75) is 19.5 Å². The third-order valence-corrected chi connectivity index (χ3v) is 4.42. The number of H-pyrrole nitrogens is 1. The van der Waals surface area contributed by atoms with Crippen molar-refractivity contribution in [1.82, 2.24) is 28.9 Å². The third kappa shape index (κ3) is 4.66. The summed E-state index contributed by atoms with van der Waals surface area (Å²) in [4.78, 5) is 45.3. The van der Waals surface area contributed by atoms with E-state index in [9.17, 15) is 14.4 Å². The lowest BCUT2D eigenvalue weighted by Crippen LogP contribution is -2.49. The van der Waals surface area contributed by atoms with Crippen molar-refractivity contribution in [2.75, 3.05) is 32.7 Å². The van der Waals surface area contributed by atoms with E-state index in [1.165, 1.54) is 16.8 Å². The van der Waals surface area contributed by atoms with Gasteiger partial charge in [-0.15, -0.1) is 0 Å². The summed E-state index contributed by atoms with van der Waals surface area (Å²) in [6.07, 6.45) is 7.19. The fourth-order valence-electron chi connectivity index (χ4n) is 2.89. The summed E-state index contributed by atoms with van der Waals surface area (Å²) in [6.45, 7) is 5.19. The minimum Gasteiger partial charge on any atom is -0.340 e. The van der Waals surface area contributed by atoms with E-state index in [4.69, 9.17) is 0 Å². The smallest absolute Gasteiger partial charge is 0.328 e. The molecule has 9 heteroatoms. The zero-order valence-electron chi connectivity index (χ0n) is 14.0. The van der Waals surface area contributed by atoms with Crippen molar-refractivity contribution in [2.24, 2.45) is 0 Å². The Morgan fingerprint density at radius 2 is 1.88 bits per heavy atom. The number of nitrogens with one attached hydrogen (secondary N) is 1. The molecule has 25 heavy (non-hydrogen) atoms. The van der Waals surface area contributed by atoms with E-state index >= 15 is 0 Å². The molecule has 1 amide bonds. The van der Waals surface area contributed by atoms with Gasteiger partial charge in [0.1, 0.15) is 0 Å². The predicted molar refractivity (Wildman–Crippen MR) is 91.2 cm³/mol. The number of rotatable bonds is 6. The van der Waals surface area contributed by atoms with Gasteiger partial charge in [0.05, 0.1) is 6.33 Å². The van der Waals surface area contributed by atoms with Gasteiger partial charge in [0.15, 0.2) is 0 Å². The van der Waals surface area contributed by atoms with E-state index in [-0.39, 0.29) is 18.9 Å². The number of hydrogen-bond donors (Lipinski definition) is 1. The molecule has 0 aromatic carbocycles. The minimum atomic E-state index is -0.482. The molecule has 0 unspecified atom stereocenters. The molecule has 0 radical (unpaired) electrons. The van der Waals surface area contributed by atoms with Crippen LogP contribution in [0, 0.1) is 0 Å². The van der Waals surface area contributed by atoms with Crippen LogP contribution >= 0.6 is 0 Å². The first kappa shape index (κ1) is 17.2. The third-order valence-electron chi connectivity index (χ3n) is 4.42. The molecule has 1 aliphatic heterocycles. The number of aromatic nitrogens is 4. The summed E-state index contributed by atoms with van der Waals surface area (Å²) in [5.41, 5.74) is -0.913. The fourth-order valence-corrected chi connectivity index (χ4v) is 2.89. The molecule has 0 spiro atoms. The topological polar surface area (TPSA) is 96.2 Å². The first-order valence-corrected chi connectivity index (χ1v) is 8.37. The van der Waals surface area contributed by atoms with Crippen LogP contribution in [0.25, 0.3) is 0 Å². The van der Waals surface area contributed by atoms with Gasteiger partial charge in [0.25, 0.3) is 5.56 Å². The summed E-state index contributed by atoms with van der Waals surface area (Å²) in [7, 11) is 0. The van der Waals surface area contributed by atoms with Crippen LogP contribution in [0.2, 0.25) is 0 Å². The van der Waals surface area contributed by atoms with Crippen molar-refractivity contribution >= 4 is 5.91 Å². The molecule has 1 aliphatic rings. The maximum Gasteiger partial charge on any atom is 0.328 e. The molecule has 1 fully saturated rings. The van der Waals surface area contributed by atoms with Crippen molar-refractivity contribution in [1.29, 1.82) is 0 Å². The van der Waals surface area contributed by atoms with Gasteiger partial charge < -0.3 is 14.0 Å². The molecular formula is C16H22N6O3. The van der Waals surface area contributed by atoms with Crippen LogP contribution in [0.5, 0.6) is 0 Å². The van der Waals surface area contributed by atoms with Gasteiger partial charge in [-0.3, -0.25) is 19.5 Å². The second kappa shape index (κ2) is 7.93. The first-order chi connectivity index (χ1) is 12.1. The Labute approximate surface area is 144 Å². The van der Waals surface area contributed by atoms with Gasteiger partial charge in [-0.25, -0.2) is 9.78 Å². The highest BCUT2D eigenvalue weighted by molar-refractivity contribution is 5.76. The molecule has 9 nitrogen and oxygen atoms in total. The molecule has 1 N–H and O–H groups in total. The summed E-state index contributed by atoms with van der Waals surface area (Å²) >= 11 is 0. The number of imidazole rings is 1. The highest BCUT2D eigenvalue weighted by atomic mass is 16.2. The SMILES string of the molecule is O=C(CCn1ccc(=O)[nH]c1=O)N1CCN(CCn2ccnc2)CC1. The Kier molecular flexibility index (Phi) is 5.44. The molecule has 0 saturated carbocycles. The predicted octanol–water partition coefficient (Wildman–Crippen LogP) is -1.03. The molecule has 3 rings (SSSR count). The van der Waals surface area contributed by atoms with E-state index in [0.717, 1.165) is 26.2 Å². The van der Waals surface area contributed by atoms with Gasteiger partial charge in [-0.2, -0.15) is 0 Å². The number of piperazine rings is 1. The van der Waals surface area contributed by atoms with Crippen LogP contribution in [0.3, 0.4) is 0 Å². The molecule has 2 aromatic rings. The number of aryl methyl sites for hydroxylation is 1. The van der Waals surface area contributed by atoms with Crippen LogP contribution < -0.4 is 11.2 Å². The maximum atomic E-state index is 12.3. The molecule has 1 saturated heterocycles. The van der Waals surface area contributed by atoms with E-state index in [2.05, 4.69) is 14.9 Å². The molecule has 0 aliphatic carbocycles. The summed E-state index contributed by atoms with van der Waals surface area (Å²) < 4.78 is 3.39. The van der Waals surface area contributed by atoms with Crippen LogP contribution in [0.1, 0.15) is 6.42 Å². The lowest BCUT2D eigenvalue weighted by atomic mass is 10.2. The molecule has 0 bridgehead atoms. The number of aromatic amines is 1. The Balaban J connectivity index is 1.42. The van der Waals surface area contributed by atoms with Crippen LogP contribution in [-0.2, 0) is 17.9 Å². The van der Waals surface area contributed by atoms with Crippen molar-refractivity contribution in [3.63, 3.8) is 0 Å². The van der Waals surface area contributed by atoms with E-state index in [0.29, 0.717) is 13.1 Å². The number of hydrogen-bond acceptors (Lipinski definition) is 5. The van der Waals surface area contributed by atoms with Crippen molar-refractivity contribution < 1.29 is 4.79 Å². The molecule has 134 valence electrons. The first-order valence-electron chi connectivity index (χ1n) is 8.37. The number of nitrogens with zero attached hydrogens (tertiary/aromatic N) is 5. The molecule has 0 atom stereocenters. The standard InChI is InChI=1S/C16H22N6O3/c23-14-1-4-22(16(25)18-14)5-2-15(24)21-11-9-19(10-12-21)7-8-20-6-3-17-13-20/h1,3-4,6,13H,2,5,7-12H2,(H,18,23,25). The number of amides is 1. The average molecular weight is 346 g/mol. The number of carbonyl (C=O) groups excluding carboxylic acids is 1. The largest absolute Gasteiger partial charge is 0.340 e. The quantitative estimate of drug-likeness (QED) is 0.721. The van der Waals surface area contributed by atoms with Gasteiger partial charge in [0.2, 0.25) is 5.91 Å². The number of carbonyl (C=O) groups is 1. The van der Waals surface area contributed by atoms with Crippen LogP contribution in [0.4, 0.5) is 0 Å². The Morgan fingerprint density at radius 3 is 2.56 bits per heavy atom. The van der Waals surface area contributed by atoms with Crippen LogP contribution in [-0.4, -0.2) is 67.5 Å². The average Bonchev–Trinajstić information content (AvgIpc) is 3.13. The zero-order valence-corrected chi connectivity index (χ0v) is 14.0. The second-order valence-electron chi connectivity index (χ2n) is 6.08. The lowest BCUT2D eigenvalue weighted by Gasteiger charge is -2.34. The highest BCUT2D eigenvalue weighted by Crippen LogP contribution is 2.05. The zero-order chi connectivity index (χ0) is 17.6. The van der Waals surface area contributed by atoms with Gasteiger partial charge in [0, 0.05) is 76.9 Å². The monoisotopic (exact) mass is 346 g/mol. The molecule has 3 heterocycles. The van der Waals surface area contributed by atoms with Crippen molar-refractivity contribution in [3.8, 4) is 0 Å². The van der Waals surface area contributed by atoms with Gasteiger partial charge in [-0.05, 0) is 0 Å². The van der Waals surface area contributed by atoms with Gasteiger partial charge >= 0.3 is 5.69 Å². The van der Waals surface area contributed by atoms with E-state index in [1.54, 1.807) is 12.5 Å². The Morgan fingerprint density at radius 1 is 1.08 bits per heavy atom. The fraction of sp³-hybridized carbons (Fsp3) is 0.500. The lowest BCUT2D eigenvalue weighted by molar-refractivity contribution is -0.133. The second-order valence-corrected chi connectivity index (χ2v) is 6.08. The summed E-state index contributed by atoms with van der Waals surface area (Å²) in [6, 6.07) is 1.28. The van der Waals surface area contributed by atoms with Gasteiger partial charge in [-0.1, -0.05) is 0 Å².